The van der Waals surface area contributed by atoms with Crippen molar-refractivity contribution in [2.45, 2.75) is 41.5 Å². The van der Waals surface area contributed by atoms with Crippen molar-refractivity contribution in [2.24, 2.45) is 0 Å². The van der Waals surface area contributed by atoms with Gasteiger partial charge in [0.1, 0.15) is 0 Å². The summed E-state index contributed by atoms with van der Waals surface area (Å²) >= 11 is 0. The average Bonchev–Trinajstić information content (AvgIpc) is 2.66. The van der Waals surface area contributed by atoms with Gasteiger partial charge in [-0.15, -0.1) is 0 Å². The minimum absolute atomic E-state index is 0.925. The van der Waals surface area contributed by atoms with E-state index in [2.05, 4.69) is 111 Å². The maximum atomic E-state index is 3.72. The molecule has 0 radical (unpaired) electrons. The molecule has 0 saturated heterocycles. The molecule has 0 atom stereocenters. The standard InChI is InChI=1S/C24H30N3P/c1-16-10-7-13-22(19(16)4)25-28(26-23-14-8-11-17(2)20(23)5)27-24-15-9-12-18(3)21(24)6/h7-15,25-27H,1-6H3. The smallest absolute Gasteiger partial charge is 0.200 e. The first-order chi connectivity index (χ1) is 13.4. The molecule has 0 heterocycles. The van der Waals surface area contributed by atoms with E-state index in [9.17, 15) is 0 Å². The molecule has 3 nitrogen and oxygen atoms in total. The predicted octanol–water partition coefficient (Wildman–Crippen LogP) is 7.40. The van der Waals surface area contributed by atoms with Gasteiger partial charge < -0.3 is 15.3 Å². The van der Waals surface area contributed by atoms with Crippen LogP contribution >= 0.6 is 8.37 Å². The summed E-state index contributed by atoms with van der Waals surface area (Å²) in [6, 6.07) is 19.2. The van der Waals surface area contributed by atoms with Gasteiger partial charge in [0.15, 0.2) is 8.37 Å². The fourth-order valence-corrected chi connectivity index (χ4v) is 4.68. The summed E-state index contributed by atoms with van der Waals surface area (Å²) in [5.74, 6) is 0. The minimum atomic E-state index is -0.925. The molecule has 0 fully saturated rings. The number of hydrogen-bond donors (Lipinski definition) is 3. The molecule has 4 heteroatoms. The number of aryl methyl sites for hydroxylation is 3. The Balaban J connectivity index is 1.94. The second-order valence-corrected chi connectivity index (χ2v) is 8.75. The normalized spacial score (nSPS) is 10.8. The zero-order valence-electron chi connectivity index (χ0n) is 17.6. The first-order valence-electron chi connectivity index (χ1n) is 9.65. The highest BCUT2D eigenvalue weighted by Gasteiger charge is 2.15. The molecule has 0 aliphatic heterocycles. The van der Waals surface area contributed by atoms with E-state index in [-0.39, 0.29) is 0 Å². The zero-order chi connectivity index (χ0) is 20.3. The fraction of sp³-hybridized carbons (Fsp3) is 0.250. The Morgan fingerprint density at radius 1 is 0.464 bits per heavy atom. The molecule has 0 bridgehead atoms. The van der Waals surface area contributed by atoms with Crippen molar-refractivity contribution in [1.29, 1.82) is 0 Å². The van der Waals surface area contributed by atoms with Crippen LogP contribution < -0.4 is 15.3 Å². The largest absolute Gasteiger partial charge is 0.331 e. The molecule has 0 aliphatic rings. The number of nitrogens with one attached hydrogen (secondary N) is 3. The molecule has 0 aromatic heterocycles. The number of benzene rings is 3. The average molecular weight is 391 g/mol. The van der Waals surface area contributed by atoms with Gasteiger partial charge in [-0.3, -0.25) is 0 Å². The van der Waals surface area contributed by atoms with Gasteiger partial charge in [-0.2, -0.15) is 0 Å². The molecule has 3 N–H and O–H groups in total. The van der Waals surface area contributed by atoms with Crippen molar-refractivity contribution in [2.75, 3.05) is 15.3 Å². The Kier molecular flexibility index (Phi) is 6.26. The van der Waals surface area contributed by atoms with E-state index in [4.69, 9.17) is 0 Å². The third-order valence-electron chi connectivity index (χ3n) is 5.51. The lowest BCUT2D eigenvalue weighted by molar-refractivity contribution is 1.33. The van der Waals surface area contributed by atoms with Crippen molar-refractivity contribution < 1.29 is 0 Å². The summed E-state index contributed by atoms with van der Waals surface area (Å²) in [6.07, 6.45) is 0. The van der Waals surface area contributed by atoms with Gasteiger partial charge in [-0.05, 0) is 93.1 Å². The molecule has 0 saturated carbocycles. The molecule has 0 amide bonds. The second-order valence-electron chi connectivity index (χ2n) is 7.41. The van der Waals surface area contributed by atoms with Gasteiger partial charge in [0.2, 0.25) is 0 Å². The summed E-state index contributed by atoms with van der Waals surface area (Å²) in [6.45, 7) is 13.0. The van der Waals surface area contributed by atoms with Gasteiger partial charge >= 0.3 is 0 Å². The summed E-state index contributed by atoms with van der Waals surface area (Å²) in [4.78, 5) is 0. The van der Waals surface area contributed by atoms with Gasteiger partial charge in [0, 0.05) is 17.1 Å². The van der Waals surface area contributed by atoms with Gasteiger partial charge in [0.25, 0.3) is 0 Å². The van der Waals surface area contributed by atoms with Crippen molar-refractivity contribution in [1.82, 2.24) is 0 Å². The van der Waals surface area contributed by atoms with E-state index in [1.807, 2.05) is 0 Å². The van der Waals surface area contributed by atoms with Gasteiger partial charge in [-0.1, -0.05) is 36.4 Å². The van der Waals surface area contributed by atoms with Crippen molar-refractivity contribution in [3.8, 4) is 0 Å². The monoisotopic (exact) mass is 391 g/mol. The Morgan fingerprint density at radius 3 is 1.04 bits per heavy atom. The molecule has 3 aromatic carbocycles. The zero-order valence-corrected chi connectivity index (χ0v) is 18.5. The first-order valence-corrected chi connectivity index (χ1v) is 11.0. The highest BCUT2D eigenvalue weighted by Crippen LogP contribution is 2.41. The molecular formula is C24H30N3P. The summed E-state index contributed by atoms with van der Waals surface area (Å²) in [7, 11) is -0.925. The van der Waals surface area contributed by atoms with E-state index in [1.165, 1.54) is 33.4 Å². The van der Waals surface area contributed by atoms with Crippen LogP contribution in [0.25, 0.3) is 0 Å². The van der Waals surface area contributed by atoms with Gasteiger partial charge in [-0.25, -0.2) is 0 Å². The Hall–Kier alpha value is -2.51. The summed E-state index contributed by atoms with van der Waals surface area (Å²) < 4.78 is 0. The van der Waals surface area contributed by atoms with E-state index < -0.39 is 8.37 Å². The molecule has 3 aromatic rings. The van der Waals surface area contributed by atoms with Crippen molar-refractivity contribution >= 4 is 25.4 Å². The van der Waals surface area contributed by atoms with Gasteiger partial charge in [0.05, 0.1) is 0 Å². The van der Waals surface area contributed by atoms with Crippen LogP contribution in [0, 0.1) is 41.5 Å². The highest BCUT2D eigenvalue weighted by molar-refractivity contribution is 7.62. The van der Waals surface area contributed by atoms with Crippen LogP contribution in [-0.4, -0.2) is 0 Å². The van der Waals surface area contributed by atoms with E-state index in [1.54, 1.807) is 0 Å². The van der Waals surface area contributed by atoms with Crippen molar-refractivity contribution in [3.63, 3.8) is 0 Å². The quantitative estimate of drug-likeness (QED) is 0.383. The lowest BCUT2D eigenvalue weighted by Crippen LogP contribution is -2.11. The van der Waals surface area contributed by atoms with E-state index in [0.717, 1.165) is 17.1 Å². The van der Waals surface area contributed by atoms with Crippen molar-refractivity contribution in [3.05, 3.63) is 88.0 Å². The molecule has 28 heavy (non-hydrogen) atoms. The Labute approximate surface area is 170 Å². The third-order valence-corrected chi connectivity index (χ3v) is 6.90. The molecule has 146 valence electrons. The second kappa shape index (κ2) is 8.67. The maximum Gasteiger partial charge on any atom is 0.200 e. The fourth-order valence-electron chi connectivity index (χ4n) is 3.06. The highest BCUT2D eigenvalue weighted by atomic mass is 31.1. The lowest BCUT2D eigenvalue weighted by atomic mass is 10.1. The Morgan fingerprint density at radius 2 is 0.750 bits per heavy atom. The van der Waals surface area contributed by atoms with Crippen LogP contribution in [0.15, 0.2) is 54.6 Å². The molecule has 0 aliphatic carbocycles. The maximum absolute atomic E-state index is 3.72. The van der Waals surface area contributed by atoms with Crippen LogP contribution in [0.3, 0.4) is 0 Å². The van der Waals surface area contributed by atoms with E-state index in [0.29, 0.717) is 0 Å². The minimum Gasteiger partial charge on any atom is -0.331 e. The third kappa shape index (κ3) is 4.48. The lowest BCUT2D eigenvalue weighted by Gasteiger charge is -2.26. The summed E-state index contributed by atoms with van der Waals surface area (Å²) in [5.41, 5.74) is 11.2. The number of hydrogen-bond acceptors (Lipinski definition) is 3. The molecule has 0 unspecified atom stereocenters. The van der Waals surface area contributed by atoms with Crippen LogP contribution in [-0.2, 0) is 0 Å². The summed E-state index contributed by atoms with van der Waals surface area (Å²) in [5, 5.41) is 11.2. The predicted molar refractivity (Wildman–Crippen MR) is 126 cm³/mol. The molecule has 3 rings (SSSR count). The SMILES string of the molecule is Cc1cccc(NP(Nc2cccc(C)c2C)Nc2cccc(C)c2C)c1C. The van der Waals surface area contributed by atoms with Crippen LogP contribution in [0.5, 0.6) is 0 Å². The molecular weight excluding hydrogens is 361 g/mol. The topological polar surface area (TPSA) is 36.1 Å². The van der Waals surface area contributed by atoms with E-state index >= 15 is 0 Å². The molecule has 0 spiro atoms. The Bertz CT molecular complexity index is 854. The van der Waals surface area contributed by atoms with Crippen LogP contribution in [0.1, 0.15) is 33.4 Å². The number of rotatable bonds is 6. The number of anilines is 3. The van der Waals surface area contributed by atoms with Crippen LogP contribution in [0.4, 0.5) is 17.1 Å². The van der Waals surface area contributed by atoms with Crippen LogP contribution in [0.2, 0.25) is 0 Å². The first kappa shape index (κ1) is 20.2.